The third kappa shape index (κ3) is 2.75. The van der Waals surface area contributed by atoms with Gasteiger partial charge in [-0.1, -0.05) is 11.6 Å². The summed E-state index contributed by atoms with van der Waals surface area (Å²) >= 11 is 12.7. The fourth-order valence-corrected chi connectivity index (χ4v) is 2.00. The molecule has 2 heterocycles. The van der Waals surface area contributed by atoms with Gasteiger partial charge in [-0.25, -0.2) is 15.0 Å². The van der Waals surface area contributed by atoms with Crippen molar-refractivity contribution in [1.29, 1.82) is 0 Å². The number of hydrogen-bond donors (Lipinski definition) is 1. The fourth-order valence-electron chi connectivity index (χ4n) is 0.959. The van der Waals surface area contributed by atoms with Crippen molar-refractivity contribution in [3.05, 3.63) is 34.8 Å². The highest BCUT2D eigenvalue weighted by molar-refractivity contribution is 7.99. The van der Waals surface area contributed by atoms with Gasteiger partial charge in [0.25, 0.3) is 0 Å². The van der Waals surface area contributed by atoms with E-state index in [1.54, 1.807) is 18.3 Å². The molecule has 0 aromatic carbocycles. The number of nitrogens with zero attached hydrogens (tertiary/aromatic N) is 3. The molecule has 0 saturated heterocycles. The van der Waals surface area contributed by atoms with E-state index in [9.17, 15) is 0 Å². The molecule has 16 heavy (non-hydrogen) atoms. The summed E-state index contributed by atoms with van der Waals surface area (Å²) in [6.07, 6.45) is 3.02. The number of halogens is 2. The molecule has 0 spiro atoms. The highest BCUT2D eigenvalue weighted by Gasteiger charge is 2.06. The summed E-state index contributed by atoms with van der Waals surface area (Å²) in [5.74, 6) is 0. The van der Waals surface area contributed by atoms with Gasteiger partial charge in [0.15, 0.2) is 0 Å². The second kappa shape index (κ2) is 4.86. The molecular weight excluding hydrogens is 267 g/mol. The Kier molecular flexibility index (Phi) is 3.48. The van der Waals surface area contributed by atoms with Crippen LogP contribution >= 0.6 is 35.0 Å². The van der Waals surface area contributed by atoms with E-state index in [1.165, 1.54) is 18.0 Å². The molecule has 0 amide bonds. The normalized spacial score (nSPS) is 10.4. The van der Waals surface area contributed by atoms with Gasteiger partial charge in [-0.2, -0.15) is 0 Å². The van der Waals surface area contributed by atoms with Crippen LogP contribution in [0.4, 0.5) is 5.69 Å². The topological polar surface area (TPSA) is 64.7 Å². The predicted molar refractivity (Wildman–Crippen MR) is 64.8 cm³/mol. The summed E-state index contributed by atoms with van der Waals surface area (Å²) in [6.45, 7) is 0. The lowest BCUT2D eigenvalue weighted by Gasteiger charge is -2.03. The van der Waals surface area contributed by atoms with Crippen molar-refractivity contribution >= 4 is 40.7 Å². The first-order valence-electron chi connectivity index (χ1n) is 4.22. The lowest BCUT2D eigenvalue weighted by Crippen LogP contribution is -1.94. The first-order valence-corrected chi connectivity index (χ1v) is 5.80. The molecule has 2 aromatic heterocycles. The number of pyridine rings is 1. The van der Waals surface area contributed by atoms with Gasteiger partial charge >= 0.3 is 0 Å². The predicted octanol–water partition coefficient (Wildman–Crippen LogP) is 2.91. The maximum absolute atomic E-state index is 5.73. The van der Waals surface area contributed by atoms with Crippen LogP contribution in [0.3, 0.4) is 0 Å². The second-order valence-electron chi connectivity index (χ2n) is 2.82. The molecule has 0 saturated carbocycles. The first-order chi connectivity index (χ1) is 7.65. The van der Waals surface area contributed by atoms with E-state index in [-0.39, 0.29) is 5.28 Å². The van der Waals surface area contributed by atoms with Crippen molar-refractivity contribution < 1.29 is 0 Å². The van der Waals surface area contributed by atoms with Gasteiger partial charge in [0.1, 0.15) is 10.1 Å². The Labute approximate surface area is 106 Å². The van der Waals surface area contributed by atoms with E-state index >= 15 is 0 Å². The van der Waals surface area contributed by atoms with Crippen LogP contribution in [-0.2, 0) is 0 Å². The van der Waals surface area contributed by atoms with Crippen LogP contribution in [0.1, 0.15) is 0 Å². The molecule has 82 valence electrons. The summed E-state index contributed by atoms with van der Waals surface area (Å²) in [5.41, 5.74) is 6.17. The molecule has 0 atom stereocenters. The van der Waals surface area contributed by atoms with Gasteiger partial charge in [-0.05, 0) is 35.5 Å². The molecule has 4 nitrogen and oxygen atoms in total. The van der Waals surface area contributed by atoms with Crippen molar-refractivity contribution in [3.63, 3.8) is 0 Å². The van der Waals surface area contributed by atoms with Gasteiger partial charge in [0.2, 0.25) is 5.28 Å². The highest BCUT2D eigenvalue weighted by atomic mass is 35.5. The van der Waals surface area contributed by atoms with E-state index in [0.29, 0.717) is 15.7 Å². The number of rotatable bonds is 2. The second-order valence-corrected chi connectivity index (χ2v) is 4.60. The molecule has 2 rings (SSSR count). The Balaban J connectivity index is 2.26. The van der Waals surface area contributed by atoms with Gasteiger partial charge in [-0.3, -0.25) is 0 Å². The van der Waals surface area contributed by atoms with Crippen molar-refractivity contribution in [3.8, 4) is 0 Å². The quantitative estimate of drug-likeness (QED) is 0.673. The summed E-state index contributed by atoms with van der Waals surface area (Å²) in [7, 11) is 0. The average molecular weight is 273 g/mol. The standard InChI is InChI=1S/C9H6Cl2N4S/c10-5-1-2-7(13-3-5)16-8-6(12)4-14-9(11)15-8/h1-4H,12H2. The fraction of sp³-hybridized carbons (Fsp3) is 0. The van der Waals surface area contributed by atoms with Crippen LogP contribution in [0.2, 0.25) is 10.3 Å². The van der Waals surface area contributed by atoms with Crippen molar-refractivity contribution in [1.82, 2.24) is 15.0 Å². The zero-order valence-corrected chi connectivity index (χ0v) is 10.2. The van der Waals surface area contributed by atoms with Crippen molar-refractivity contribution in [2.75, 3.05) is 5.73 Å². The van der Waals surface area contributed by atoms with Crippen LogP contribution in [0.15, 0.2) is 34.6 Å². The zero-order valence-electron chi connectivity index (χ0n) is 7.89. The Morgan fingerprint density at radius 2 is 1.94 bits per heavy atom. The number of aromatic nitrogens is 3. The Bertz CT molecular complexity index is 503. The van der Waals surface area contributed by atoms with E-state index in [2.05, 4.69) is 15.0 Å². The lowest BCUT2D eigenvalue weighted by atomic mass is 10.5. The smallest absolute Gasteiger partial charge is 0.223 e. The summed E-state index contributed by atoms with van der Waals surface area (Å²) < 4.78 is 0. The minimum Gasteiger partial charge on any atom is -0.395 e. The van der Waals surface area contributed by atoms with E-state index in [1.807, 2.05) is 0 Å². The molecule has 0 aliphatic heterocycles. The third-order valence-electron chi connectivity index (χ3n) is 1.65. The number of hydrogen-bond acceptors (Lipinski definition) is 5. The van der Waals surface area contributed by atoms with Crippen LogP contribution in [0.25, 0.3) is 0 Å². The van der Waals surface area contributed by atoms with Gasteiger partial charge in [-0.15, -0.1) is 0 Å². The van der Waals surface area contributed by atoms with E-state index < -0.39 is 0 Å². The summed E-state index contributed by atoms with van der Waals surface area (Å²) in [6, 6.07) is 3.53. The van der Waals surface area contributed by atoms with Crippen LogP contribution in [0, 0.1) is 0 Å². The molecule has 0 aliphatic rings. The molecule has 0 radical (unpaired) electrons. The SMILES string of the molecule is Nc1cnc(Cl)nc1Sc1ccc(Cl)cn1. The molecule has 2 aromatic rings. The Morgan fingerprint density at radius 3 is 2.62 bits per heavy atom. The minimum atomic E-state index is 0.158. The van der Waals surface area contributed by atoms with Crippen LogP contribution < -0.4 is 5.73 Å². The highest BCUT2D eigenvalue weighted by Crippen LogP contribution is 2.29. The minimum absolute atomic E-state index is 0.158. The van der Waals surface area contributed by atoms with Gasteiger partial charge in [0, 0.05) is 6.20 Å². The average Bonchev–Trinajstić information content (AvgIpc) is 2.27. The number of anilines is 1. The molecular formula is C9H6Cl2N4S. The zero-order chi connectivity index (χ0) is 11.5. The lowest BCUT2D eigenvalue weighted by molar-refractivity contribution is 1.04. The summed E-state index contributed by atoms with van der Waals surface area (Å²) in [4.78, 5) is 11.9. The molecule has 0 bridgehead atoms. The van der Waals surface area contributed by atoms with Gasteiger partial charge < -0.3 is 5.73 Å². The maximum Gasteiger partial charge on any atom is 0.223 e. The molecule has 2 N–H and O–H groups in total. The van der Waals surface area contributed by atoms with E-state index in [4.69, 9.17) is 28.9 Å². The van der Waals surface area contributed by atoms with Crippen molar-refractivity contribution in [2.24, 2.45) is 0 Å². The van der Waals surface area contributed by atoms with Crippen LogP contribution in [-0.4, -0.2) is 15.0 Å². The maximum atomic E-state index is 5.73. The molecule has 0 aliphatic carbocycles. The van der Waals surface area contributed by atoms with E-state index in [0.717, 1.165) is 5.03 Å². The number of nitrogens with two attached hydrogens (primary N) is 1. The Morgan fingerprint density at radius 1 is 1.12 bits per heavy atom. The molecule has 7 heteroatoms. The largest absolute Gasteiger partial charge is 0.395 e. The molecule has 0 fully saturated rings. The monoisotopic (exact) mass is 272 g/mol. The third-order valence-corrected chi connectivity index (χ3v) is 3.03. The Hall–Kier alpha value is -1.04. The first kappa shape index (κ1) is 11.4. The summed E-state index contributed by atoms with van der Waals surface area (Å²) in [5, 5.41) is 2.06. The van der Waals surface area contributed by atoms with Crippen molar-refractivity contribution in [2.45, 2.75) is 10.1 Å². The van der Waals surface area contributed by atoms with Crippen LogP contribution in [0.5, 0.6) is 0 Å². The number of nitrogen functional groups attached to an aromatic ring is 1. The van der Waals surface area contributed by atoms with Gasteiger partial charge in [0.05, 0.1) is 16.9 Å². The molecule has 0 unspecified atom stereocenters.